The lowest BCUT2D eigenvalue weighted by Gasteiger charge is -2.32. The second-order valence-corrected chi connectivity index (χ2v) is 12.5. The molecule has 0 bridgehead atoms. The van der Waals surface area contributed by atoms with Crippen LogP contribution in [0.25, 0.3) is 0 Å². The zero-order valence-corrected chi connectivity index (χ0v) is 26.3. The lowest BCUT2D eigenvalue weighted by Crippen LogP contribution is -2.39. The van der Waals surface area contributed by atoms with Crippen LogP contribution in [-0.2, 0) is 24.1 Å². The van der Waals surface area contributed by atoms with E-state index in [4.69, 9.17) is 15.1 Å². The van der Waals surface area contributed by atoms with Gasteiger partial charge in [0.2, 0.25) is 0 Å². The van der Waals surface area contributed by atoms with Crippen LogP contribution in [-0.4, -0.2) is 51.0 Å². The Balaban J connectivity index is 0.000000371. The number of carbonyl (C=O) groups is 2. The summed E-state index contributed by atoms with van der Waals surface area (Å²) in [7, 11) is 0. The number of H-pyrrole nitrogens is 1. The van der Waals surface area contributed by atoms with Crippen LogP contribution in [0.15, 0.2) is 51.8 Å². The van der Waals surface area contributed by atoms with Gasteiger partial charge in [0.1, 0.15) is 11.9 Å². The molecule has 12 nitrogen and oxygen atoms in total. The number of para-hydroxylation sites is 1. The molecule has 2 saturated carbocycles. The summed E-state index contributed by atoms with van der Waals surface area (Å²) in [6.45, 7) is 0.955. The summed E-state index contributed by atoms with van der Waals surface area (Å²) in [6, 6.07) is 13.1. The third-order valence-electron chi connectivity index (χ3n) is 9.08. The number of nitriles is 1. The zero-order valence-electron chi connectivity index (χ0n) is 26.3. The predicted octanol–water partition coefficient (Wildman–Crippen LogP) is 5.89. The SMILES string of the molecule is N#CC[C@H]1CC[C@H](O)CC1.O=C(Nc1ccc2c(c1)CCN(C(=O)O[C@H]1CC[C@H](Cc3noc(=O)[nH]3)CC1)C2)Nc1ccccc1F. The van der Waals surface area contributed by atoms with E-state index in [1.54, 1.807) is 23.1 Å². The van der Waals surface area contributed by atoms with Crippen LogP contribution < -0.4 is 16.4 Å². The van der Waals surface area contributed by atoms with E-state index in [2.05, 4.69) is 31.4 Å². The Labute approximate surface area is 272 Å². The van der Waals surface area contributed by atoms with Gasteiger partial charge in [-0.3, -0.25) is 9.51 Å². The second-order valence-electron chi connectivity index (χ2n) is 12.5. The van der Waals surface area contributed by atoms with E-state index < -0.39 is 17.6 Å². The number of nitrogens with zero attached hydrogens (tertiary/aromatic N) is 3. The van der Waals surface area contributed by atoms with E-state index in [0.717, 1.165) is 62.5 Å². The Morgan fingerprint density at radius 2 is 1.79 bits per heavy atom. The van der Waals surface area contributed by atoms with Crippen LogP contribution >= 0.6 is 0 Å². The number of fused-ring (bicyclic) bond motifs is 1. The summed E-state index contributed by atoms with van der Waals surface area (Å²) in [5.74, 6) is 0.440. The number of aliphatic hydroxyl groups is 1. The van der Waals surface area contributed by atoms with Crippen molar-refractivity contribution in [2.24, 2.45) is 11.8 Å². The minimum absolute atomic E-state index is 0.0880. The number of nitrogens with one attached hydrogen (secondary N) is 3. The molecule has 0 saturated heterocycles. The molecule has 3 aliphatic rings. The molecule has 0 unspecified atom stereocenters. The molecule has 6 rings (SSSR count). The largest absolute Gasteiger partial charge is 0.446 e. The number of amides is 3. The highest BCUT2D eigenvalue weighted by molar-refractivity contribution is 5.99. The smallest absolute Gasteiger partial charge is 0.438 e. The fourth-order valence-corrected chi connectivity index (χ4v) is 6.40. The van der Waals surface area contributed by atoms with Crippen molar-refractivity contribution in [3.8, 4) is 6.07 Å². The Kier molecular flexibility index (Phi) is 11.6. The van der Waals surface area contributed by atoms with Crippen LogP contribution in [0.5, 0.6) is 0 Å². The summed E-state index contributed by atoms with van der Waals surface area (Å²) in [5, 5.41) is 26.4. The average molecular weight is 649 g/mol. The van der Waals surface area contributed by atoms with Crippen molar-refractivity contribution in [2.75, 3.05) is 17.2 Å². The lowest BCUT2D eigenvalue weighted by atomic mass is 9.85. The molecule has 250 valence electrons. The van der Waals surface area contributed by atoms with Crippen LogP contribution in [0.1, 0.15) is 74.7 Å². The van der Waals surface area contributed by atoms with Crippen LogP contribution in [0.4, 0.5) is 25.4 Å². The summed E-state index contributed by atoms with van der Waals surface area (Å²) < 4.78 is 24.1. The van der Waals surface area contributed by atoms with Crippen molar-refractivity contribution in [3.63, 3.8) is 0 Å². The molecule has 2 fully saturated rings. The minimum Gasteiger partial charge on any atom is -0.446 e. The number of aliphatic hydroxyl groups excluding tert-OH is 1. The highest BCUT2D eigenvalue weighted by atomic mass is 19.1. The Bertz CT molecular complexity index is 1600. The van der Waals surface area contributed by atoms with E-state index in [1.165, 1.54) is 12.1 Å². The van der Waals surface area contributed by atoms with Gasteiger partial charge in [0.25, 0.3) is 0 Å². The van der Waals surface area contributed by atoms with E-state index in [-0.39, 0.29) is 24.0 Å². The maximum atomic E-state index is 13.8. The monoisotopic (exact) mass is 648 g/mol. The highest BCUT2D eigenvalue weighted by Gasteiger charge is 2.28. The summed E-state index contributed by atoms with van der Waals surface area (Å²) in [6.07, 6.45) is 8.60. The van der Waals surface area contributed by atoms with E-state index in [1.807, 2.05) is 12.1 Å². The lowest BCUT2D eigenvalue weighted by molar-refractivity contribution is 0.0350. The van der Waals surface area contributed by atoms with Crippen molar-refractivity contribution in [1.82, 2.24) is 15.0 Å². The molecule has 3 amide bonds. The first kappa shape index (κ1) is 33.7. The third-order valence-corrected chi connectivity index (χ3v) is 9.08. The number of carbonyl (C=O) groups excluding carboxylic acids is 2. The van der Waals surface area contributed by atoms with Gasteiger partial charge in [0, 0.05) is 31.6 Å². The first-order valence-electron chi connectivity index (χ1n) is 16.3. The molecule has 47 heavy (non-hydrogen) atoms. The number of aromatic amines is 1. The molecule has 2 aromatic carbocycles. The minimum atomic E-state index is -0.543. The molecule has 1 aliphatic heterocycles. The molecule has 1 aromatic heterocycles. The molecule has 0 spiro atoms. The fraction of sp³-hybridized carbons (Fsp3) is 0.500. The molecular weight excluding hydrogens is 607 g/mol. The molecule has 0 radical (unpaired) electrons. The van der Waals surface area contributed by atoms with Crippen molar-refractivity contribution in [1.29, 1.82) is 5.26 Å². The van der Waals surface area contributed by atoms with Crippen LogP contribution in [0.2, 0.25) is 0 Å². The molecule has 2 heterocycles. The number of anilines is 2. The summed E-state index contributed by atoms with van der Waals surface area (Å²) in [5.41, 5.74) is 2.73. The van der Waals surface area contributed by atoms with Gasteiger partial charge in [-0.25, -0.2) is 18.8 Å². The first-order valence-corrected chi connectivity index (χ1v) is 16.3. The van der Waals surface area contributed by atoms with Gasteiger partial charge in [-0.2, -0.15) is 5.26 Å². The third kappa shape index (κ3) is 9.89. The number of aromatic nitrogens is 2. The fourth-order valence-electron chi connectivity index (χ4n) is 6.40. The van der Waals surface area contributed by atoms with E-state index >= 15 is 0 Å². The summed E-state index contributed by atoms with van der Waals surface area (Å²) in [4.78, 5) is 40.4. The maximum Gasteiger partial charge on any atom is 0.438 e. The van der Waals surface area contributed by atoms with Crippen molar-refractivity contribution >= 4 is 23.5 Å². The first-order chi connectivity index (χ1) is 22.7. The zero-order chi connectivity index (χ0) is 33.2. The molecule has 4 N–H and O–H groups in total. The standard InChI is InChI=1S/C26H28FN5O5.C8H13NO/c27-21-3-1-2-4-22(21)29-24(33)28-19-8-7-18-15-32(12-11-17(18)14-19)26(35)36-20-9-5-16(6-10-20)13-23-30-25(34)37-31-23;9-6-5-7-1-3-8(10)4-2-7/h1-4,7-8,14,16,20H,5-6,9-13,15H2,(H2,28,29,33)(H,30,31,34);7-8,10H,1-5H2/t16-,20-;7-,8-. The van der Waals surface area contributed by atoms with Gasteiger partial charge in [-0.15, -0.1) is 0 Å². The Morgan fingerprint density at radius 3 is 2.49 bits per heavy atom. The quantitative estimate of drug-likeness (QED) is 0.256. The van der Waals surface area contributed by atoms with Crippen molar-refractivity contribution in [2.45, 2.75) is 89.4 Å². The van der Waals surface area contributed by atoms with Crippen LogP contribution in [0.3, 0.4) is 0 Å². The van der Waals surface area contributed by atoms with Crippen LogP contribution in [0, 0.1) is 29.0 Å². The molecule has 13 heteroatoms. The molecule has 2 aliphatic carbocycles. The number of hydrogen-bond donors (Lipinski definition) is 4. The van der Waals surface area contributed by atoms with Gasteiger partial charge in [-0.1, -0.05) is 23.4 Å². The summed E-state index contributed by atoms with van der Waals surface area (Å²) >= 11 is 0. The number of rotatable bonds is 6. The number of ether oxygens (including phenoxy) is 1. The molecule has 0 atom stereocenters. The van der Waals surface area contributed by atoms with Crippen molar-refractivity contribution in [3.05, 3.63) is 75.8 Å². The topological polar surface area (TPSA) is 174 Å². The predicted molar refractivity (Wildman–Crippen MR) is 171 cm³/mol. The van der Waals surface area contributed by atoms with Gasteiger partial charge < -0.3 is 25.4 Å². The molecule has 3 aromatic rings. The number of hydrogen-bond acceptors (Lipinski definition) is 8. The van der Waals surface area contributed by atoms with Gasteiger partial charge in [-0.05, 0) is 105 Å². The van der Waals surface area contributed by atoms with Gasteiger partial charge in [0.15, 0.2) is 5.82 Å². The van der Waals surface area contributed by atoms with E-state index in [0.29, 0.717) is 55.7 Å². The van der Waals surface area contributed by atoms with Crippen molar-refractivity contribution < 1.29 is 28.3 Å². The molecular formula is C34H41FN6O6. The second kappa shape index (κ2) is 16.2. The van der Waals surface area contributed by atoms with Gasteiger partial charge >= 0.3 is 17.9 Å². The van der Waals surface area contributed by atoms with E-state index in [9.17, 15) is 18.8 Å². The maximum absolute atomic E-state index is 13.8. The number of halogens is 1. The normalized spacial score (nSPS) is 22.1. The van der Waals surface area contributed by atoms with Gasteiger partial charge in [0.05, 0.1) is 17.9 Å². The number of benzene rings is 2. The number of urea groups is 1. The highest BCUT2D eigenvalue weighted by Crippen LogP contribution is 2.30. The Morgan fingerprint density at radius 1 is 1.04 bits per heavy atom. The average Bonchev–Trinajstić information content (AvgIpc) is 3.48. The Hall–Kier alpha value is -4.70.